The Labute approximate surface area is 124 Å². The van der Waals surface area contributed by atoms with Gasteiger partial charge in [-0.15, -0.1) is 0 Å². The number of nitrogens with zero attached hydrogens (tertiary/aromatic N) is 3. The highest BCUT2D eigenvalue weighted by Crippen LogP contribution is 2.35. The normalized spacial score (nSPS) is 20.2. The van der Waals surface area contributed by atoms with Crippen LogP contribution < -0.4 is 4.90 Å². The number of anilines is 1. The molecule has 0 bridgehead atoms. The van der Waals surface area contributed by atoms with E-state index in [0.717, 1.165) is 0 Å². The number of aromatic nitrogens is 1. The fraction of sp³-hybridized carbons (Fsp3) is 0.615. The first-order valence-electron chi connectivity index (χ1n) is 6.93. The van der Waals surface area contributed by atoms with Crippen LogP contribution in [-0.4, -0.2) is 41.9 Å². The molecule has 1 saturated heterocycles. The van der Waals surface area contributed by atoms with Crippen LogP contribution in [0.1, 0.15) is 26.7 Å². The average Bonchev–Trinajstić information content (AvgIpc) is 2.47. The van der Waals surface area contributed by atoms with Crippen LogP contribution in [-0.2, 0) is 9.84 Å². The van der Waals surface area contributed by atoms with E-state index in [1.807, 2.05) is 13.8 Å². The highest BCUT2D eigenvalue weighted by atomic mass is 32.2. The van der Waals surface area contributed by atoms with Gasteiger partial charge in [0.2, 0.25) is 5.82 Å². The monoisotopic (exact) mass is 313 g/mol. The maximum Gasteiger partial charge on any atom is 0.311 e. The molecule has 1 aromatic heterocycles. The van der Waals surface area contributed by atoms with Crippen LogP contribution in [0.2, 0.25) is 0 Å². The molecule has 1 aliphatic rings. The van der Waals surface area contributed by atoms with E-state index in [-0.39, 0.29) is 30.3 Å². The Balaban J connectivity index is 2.43. The predicted octanol–water partition coefficient (Wildman–Crippen LogP) is 1.78. The van der Waals surface area contributed by atoms with Gasteiger partial charge in [0, 0.05) is 25.4 Å². The fourth-order valence-electron chi connectivity index (χ4n) is 2.84. The van der Waals surface area contributed by atoms with Gasteiger partial charge in [-0.05, 0) is 18.9 Å². The lowest BCUT2D eigenvalue weighted by molar-refractivity contribution is -0.384. The molecule has 0 spiro atoms. The second-order valence-electron chi connectivity index (χ2n) is 5.23. The summed E-state index contributed by atoms with van der Waals surface area (Å²) < 4.78 is 23.9. The average molecular weight is 313 g/mol. The second kappa shape index (κ2) is 5.59. The van der Waals surface area contributed by atoms with E-state index in [4.69, 9.17) is 0 Å². The molecule has 0 aliphatic carbocycles. The molecule has 7 nitrogen and oxygen atoms in total. The van der Waals surface area contributed by atoms with Crippen molar-refractivity contribution in [1.29, 1.82) is 0 Å². The Bertz CT molecular complexity index is 641. The lowest BCUT2D eigenvalue weighted by Gasteiger charge is -2.41. The summed E-state index contributed by atoms with van der Waals surface area (Å²) in [6.07, 6.45) is 2.47. The van der Waals surface area contributed by atoms with E-state index in [0.29, 0.717) is 12.8 Å². The molecule has 21 heavy (non-hydrogen) atoms. The fourth-order valence-corrected chi connectivity index (χ4v) is 4.97. The van der Waals surface area contributed by atoms with Gasteiger partial charge in [0.05, 0.1) is 15.4 Å². The zero-order chi connectivity index (χ0) is 15.7. The van der Waals surface area contributed by atoms with E-state index >= 15 is 0 Å². The number of hydrogen-bond donors (Lipinski definition) is 0. The standard InChI is InChI=1S/C13H19N3O4S/c1-3-13(4-2)10-15(8-9-21(13,19)20)12-11(16(17)18)6-5-7-14-12/h5-7H,3-4,8-10H2,1-2H3. The maximum atomic E-state index is 12.4. The number of hydrogen-bond acceptors (Lipinski definition) is 6. The lowest BCUT2D eigenvalue weighted by Crippen LogP contribution is -2.56. The third kappa shape index (κ3) is 2.59. The van der Waals surface area contributed by atoms with Crippen molar-refractivity contribution in [2.24, 2.45) is 0 Å². The third-order valence-electron chi connectivity index (χ3n) is 4.32. The quantitative estimate of drug-likeness (QED) is 0.621. The van der Waals surface area contributed by atoms with Crippen molar-refractivity contribution in [3.05, 3.63) is 28.4 Å². The Morgan fingerprint density at radius 3 is 2.67 bits per heavy atom. The molecule has 2 heterocycles. The Morgan fingerprint density at radius 2 is 2.10 bits per heavy atom. The number of sulfone groups is 1. The molecule has 0 aromatic carbocycles. The van der Waals surface area contributed by atoms with E-state index < -0.39 is 19.5 Å². The summed E-state index contributed by atoms with van der Waals surface area (Å²) in [5.41, 5.74) is -0.0853. The molecule has 2 rings (SSSR count). The van der Waals surface area contributed by atoms with Crippen LogP contribution in [0.15, 0.2) is 18.3 Å². The highest BCUT2D eigenvalue weighted by molar-refractivity contribution is 7.92. The molecule has 1 aromatic rings. The Morgan fingerprint density at radius 1 is 1.43 bits per heavy atom. The molecule has 0 amide bonds. The van der Waals surface area contributed by atoms with Gasteiger partial charge in [0.25, 0.3) is 0 Å². The molecule has 0 unspecified atom stereocenters. The van der Waals surface area contributed by atoms with Crippen molar-refractivity contribution in [2.75, 3.05) is 23.7 Å². The largest absolute Gasteiger partial charge is 0.348 e. The van der Waals surface area contributed by atoms with Crippen molar-refractivity contribution in [3.63, 3.8) is 0 Å². The van der Waals surface area contributed by atoms with Crippen LogP contribution in [0.5, 0.6) is 0 Å². The van der Waals surface area contributed by atoms with Crippen LogP contribution in [0.4, 0.5) is 11.5 Å². The smallest absolute Gasteiger partial charge is 0.311 e. The lowest BCUT2D eigenvalue weighted by atomic mass is 10.0. The first-order valence-corrected chi connectivity index (χ1v) is 8.59. The van der Waals surface area contributed by atoms with Gasteiger partial charge >= 0.3 is 5.69 Å². The molecular formula is C13H19N3O4S. The van der Waals surface area contributed by atoms with E-state index in [9.17, 15) is 18.5 Å². The summed E-state index contributed by atoms with van der Waals surface area (Å²) in [5.74, 6) is 0.256. The first-order chi connectivity index (χ1) is 9.87. The molecule has 116 valence electrons. The molecule has 0 atom stereocenters. The van der Waals surface area contributed by atoms with Gasteiger partial charge < -0.3 is 4.90 Å². The van der Waals surface area contributed by atoms with Crippen LogP contribution in [0, 0.1) is 10.1 Å². The topological polar surface area (TPSA) is 93.4 Å². The summed E-state index contributed by atoms with van der Waals surface area (Å²) in [7, 11) is -3.20. The minimum atomic E-state index is -3.20. The molecule has 0 saturated carbocycles. The van der Waals surface area contributed by atoms with Crippen LogP contribution >= 0.6 is 0 Å². The van der Waals surface area contributed by atoms with E-state index in [2.05, 4.69) is 4.98 Å². The van der Waals surface area contributed by atoms with Crippen molar-refractivity contribution in [2.45, 2.75) is 31.4 Å². The summed E-state index contributed by atoms with van der Waals surface area (Å²) in [4.78, 5) is 16.5. The summed E-state index contributed by atoms with van der Waals surface area (Å²) in [6, 6.07) is 2.90. The van der Waals surface area contributed by atoms with Crippen molar-refractivity contribution >= 4 is 21.3 Å². The predicted molar refractivity (Wildman–Crippen MR) is 80.2 cm³/mol. The van der Waals surface area contributed by atoms with Gasteiger partial charge in [0.15, 0.2) is 9.84 Å². The van der Waals surface area contributed by atoms with Crippen LogP contribution in [0.3, 0.4) is 0 Å². The van der Waals surface area contributed by atoms with Crippen molar-refractivity contribution in [1.82, 2.24) is 4.98 Å². The Hall–Kier alpha value is -1.70. The Kier molecular flexibility index (Phi) is 4.18. The highest BCUT2D eigenvalue weighted by Gasteiger charge is 2.46. The zero-order valence-electron chi connectivity index (χ0n) is 12.2. The first kappa shape index (κ1) is 15.7. The molecule has 8 heteroatoms. The molecule has 1 fully saturated rings. The second-order valence-corrected chi connectivity index (χ2v) is 7.74. The van der Waals surface area contributed by atoms with E-state index in [1.165, 1.54) is 18.3 Å². The van der Waals surface area contributed by atoms with Gasteiger partial charge in [-0.25, -0.2) is 13.4 Å². The van der Waals surface area contributed by atoms with Gasteiger partial charge in [-0.3, -0.25) is 10.1 Å². The van der Waals surface area contributed by atoms with Crippen molar-refractivity contribution < 1.29 is 13.3 Å². The third-order valence-corrected chi connectivity index (χ3v) is 7.07. The SMILES string of the molecule is CCC1(CC)CN(c2ncccc2[N+](=O)[O-])CCS1(=O)=O. The number of pyridine rings is 1. The summed E-state index contributed by atoms with van der Waals surface area (Å²) in [5, 5.41) is 11.1. The molecule has 0 radical (unpaired) electrons. The molecule has 1 aliphatic heterocycles. The maximum absolute atomic E-state index is 12.4. The summed E-state index contributed by atoms with van der Waals surface area (Å²) >= 11 is 0. The summed E-state index contributed by atoms with van der Waals surface area (Å²) in [6.45, 7) is 4.18. The van der Waals surface area contributed by atoms with Gasteiger partial charge in [0.1, 0.15) is 0 Å². The number of nitro groups is 1. The van der Waals surface area contributed by atoms with E-state index in [1.54, 1.807) is 4.90 Å². The van der Waals surface area contributed by atoms with Crippen LogP contribution in [0.25, 0.3) is 0 Å². The minimum absolute atomic E-state index is 0.00239. The number of rotatable bonds is 4. The van der Waals surface area contributed by atoms with Gasteiger partial charge in [-0.1, -0.05) is 13.8 Å². The van der Waals surface area contributed by atoms with Crippen molar-refractivity contribution in [3.8, 4) is 0 Å². The zero-order valence-corrected chi connectivity index (χ0v) is 13.0. The minimum Gasteiger partial charge on any atom is -0.348 e. The molecular weight excluding hydrogens is 294 g/mol. The molecule has 0 N–H and O–H groups in total. The van der Waals surface area contributed by atoms with Gasteiger partial charge in [-0.2, -0.15) is 0 Å².